The van der Waals surface area contributed by atoms with Gasteiger partial charge in [0.05, 0.1) is 9.95 Å². The van der Waals surface area contributed by atoms with Crippen LogP contribution in [0.15, 0.2) is 48.5 Å². The minimum Gasteiger partial charge on any atom is -0.362 e. The van der Waals surface area contributed by atoms with Gasteiger partial charge in [0.1, 0.15) is 10.6 Å². The van der Waals surface area contributed by atoms with Crippen LogP contribution in [0.1, 0.15) is 9.67 Å². The molecule has 6 nitrogen and oxygen atoms in total. The van der Waals surface area contributed by atoms with Crippen molar-refractivity contribution >= 4 is 50.3 Å². The van der Waals surface area contributed by atoms with Crippen LogP contribution in [0.2, 0.25) is 5.02 Å². The molecule has 1 amide bonds. The van der Waals surface area contributed by atoms with Gasteiger partial charge in [0.25, 0.3) is 11.6 Å². The lowest BCUT2D eigenvalue weighted by molar-refractivity contribution is -0.384. The second-order valence-electron chi connectivity index (χ2n) is 6.27. The lowest BCUT2D eigenvalue weighted by atomic mass is 10.2. The smallest absolute Gasteiger partial charge is 0.292 e. The molecule has 1 aliphatic rings. The zero-order chi connectivity index (χ0) is 19.0. The van der Waals surface area contributed by atoms with Gasteiger partial charge in [-0.05, 0) is 12.1 Å². The molecule has 2 heterocycles. The number of amides is 1. The van der Waals surface area contributed by atoms with E-state index in [1.54, 1.807) is 23.1 Å². The highest BCUT2D eigenvalue weighted by molar-refractivity contribution is 7.21. The van der Waals surface area contributed by atoms with Crippen LogP contribution >= 0.6 is 22.9 Å². The maximum Gasteiger partial charge on any atom is 0.292 e. The Kier molecular flexibility index (Phi) is 4.72. The first kappa shape index (κ1) is 17.8. The molecule has 2 aromatic carbocycles. The van der Waals surface area contributed by atoms with Crippen LogP contribution in [0.3, 0.4) is 0 Å². The number of nitro benzene ring substituents is 1. The number of hydrogen-bond donors (Lipinski definition) is 0. The quantitative estimate of drug-likeness (QED) is 0.481. The number of benzene rings is 2. The summed E-state index contributed by atoms with van der Waals surface area (Å²) in [6.45, 7) is 2.07. The van der Waals surface area contributed by atoms with Crippen molar-refractivity contribution in [1.82, 2.24) is 4.90 Å². The number of para-hydroxylation sites is 2. The highest BCUT2D eigenvalue weighted by Crippen LogP contribution is 2.36. The molecule has 1 saturated heterocycles. The third-order valence-electron chi connectivity index (χ3n) is 4.72. The Morgan fingerprint density at radius 1 is 1.04 bits per heavy atom. The van der Waals surface area contributed by atoms with Crippen molar-refractivity contribution in [3.63, 3.8) is 0 Å². The molecule has 0 radical (unpaired) electrons. The van der Waals surface area contributed by atoms with Gasteiger partial charge in [-0.25, -0.2) is 0 Å². The van der Waals surface area contributed by atoms with E-state index < -0.39 is 0 Å². The van der Waals surface area contributed by atoms with Crippen LogP contribution in [0.4, 0.5) is 11.4 Å². The Hall–Kier alpha value is -2.64. The summed E-state index contributed by atoms with van der Waals surface area (Å²) < 4.78 is 0.990. The lowest BCUT2D eigenvalue weighted by Crippen LogP contribution is -2.48. The molecule has 138 valence electrons. The summed E-state index contributed by atoms with van der Waals surface area (Å²) in [4.78, 5) is 28.1. The number of rotatable bonds is 3. The summed E-state index contributed by atoms with van der Waals surface area (Å²) >= 11 is 7.83. The maximum atomic E-state index is 12.9. The van der Waals surface area contributed by atoms with E-state index in [1.165, 1.54) is 17.4 Å². The molecule has 0 aliphatic carbocycles. The van der Waals surface area contributed by atoms with Gasteiger partial charge >= 0.3 is 0 Å². The molecule has 0 saturated carbocycles. The van der Waals surface area contributed by atoms with Gasteiger partial charge in [-0.1, -0.05) is 41.9 Å². The summed E-state index contributed by atoms with van der Waals surface area (Å²) in [7, 11) is 0. The zero-order valence-electron chi connectivity index (χ0n) is 14.3. The van der Waals surface area contributed by atoms with Crippen LogP contribution in [0.5, 0.6) is 0 Å². The largest absolute Gasteiger partial charge is 0.362 e. The number of halogens is 1. The van der Waals surface area contributed by atoms with Crippen molar-refractivity contribution in [2.75, 3.05) is 31.1 Å². The van der Waals surface area contributed by atoms with Gasteiger partial charge in [0.15, 0.2) is 0 Å². The Balaban J connectivity index is 1.51. The predicted molar refractivity (Wildman–Crippen MR) is 108 cm³/mol. The summed E-state index contributed by atoms with van der Waals surface area (Å²) in [5, 5.41) is 12.6. The Labute approximate surface area is 164 Å². The summed E-state index contributed by atoms with van der Waals surface area (Å²) in [5.74, 6) is -0.0802. The van der Waals surface area contributed by atoms with Crippen LogP contribution < -0.4 is 4.90 Å². The first-order chi connectivity index (χ1) is 13.1. The number of anilines is 1. The van der Waals surface area contributed by atoms with Crippen molar-refractivity contribution in [1.29, 1.82) is 0 Å². The number of thiophene rings is 1. The van der Waals surface area contributed by atoms with E-state index >= 15 is 0 Å². The van der Waals surface area contributed by atoms with Gasteiger partial charge < -0.3 is 9.80 Å². The van der Waals surface area contributed by atoms with Crippen molar-refractivity contribution in [3.05, 3.63) is 68.5 Å². The number of piperazine rings is 1. The van der Waals surface area contributed by atoms with Gasteiger partial charge in [0.2, 0.25) is 0 Å². The molecule has 0 N–H and O–H groups in total. The van der Waals surface area contributed by atoms with E-state index in [0.29, 0.717) is 41.8 Å². The minimum atomic E-state index is -0.371. The first-order valence-corrected chi connectivity index (χ1v) is 9.70. The fourth-order valence-corrected chi connectivity index (χ4v) is 4.81. The fraction of sp³-hybridized carbons (Fsp3) is 0.211. The normalized spacial score (nSPS) is 14.6. The molecule has 1 fully saturated rings. The molecule has 0 unspecified atom stereocenters. The van der Waals surface area contributed by atoms with Crippen LogP contribution in [-0.4, -0.2) is 41.9 Å². The number of nitrogens with zero attached hydrogens (tertiary/aromatic N) is 3. The average Bonchev–Trinajstić information content (AvgIpc) is 3.04. The van der Waals surface area contributed by atoms with Gasteiger partial charge in [-0.15, -0.1) is 11.3 Å². The molecule has 3 aromatic rings. The number of carbonyl (C=O) groups excluding carboxylic acids is 1. The monoisotopic (exact) mass is 401 g/mol. The van der Waals surface area contributed by atoms with Gasteiger partial charge in [-0.3, -0.25) is 14.9 Å². The molecule has 8 heteroatoms. The van der Waals surface area contributed by atoms with Gasteiger partial charge in [-0.2, -0.15) is 0 Å². The topological polar surface area (TPSA) is 66.7 Å². The summed E-state index contributed by atoms with van der Waals surface area (Å²) in [6, 6.07) is 14.4. The zero-order valence-corrected chi connectivity index (χ0v) is 15.9. The highest BCUT2D eigenvalue weighted by atomic mass is 35.5. The second-order valence-corrected chi connectivity index (χ2v) is 7.70. The minimum absolute atomic E-state index is 0.0802. The predicted octanol–water partition coefficient (Wildman–Crippen LogP) is 4.43. The molecule has 1 aromatic heterocycles. The van der Waals surface area contributed by atoms with Crippen molar-refractivity contribution in [2.24, 2.45) is 0 Å². The third kappa shape index (κ3) is 3.24. The molecule has 0 atom stereocenters. The van der Waals surface area contributed by atoms with Crippen molar-refractivity contribution in [3.8, 4) is 0 Å². The molecular weight excluding hydrogens is 386 g/mol. The highest BCUT2D eigenvalue weighted by Gasteiger charge is 2.28. The van der Waals surface area contributed by atoms with E-state index in [2.05, 4.69) is 0 Å². The van der Waals surface area contributed by atoms with Crippen molar-refractivity contribution < 1.29 is 9.72 Å². The second kappa shape index (κ2) is 7.17. The average molecular weight is 402 g/mol. The van der Waals surface area contributed by atoms with Gasteiger partial charge in [0, 0.05) is 42.3 Å². The Bertz CT molecular complexity index is 1030. The van der Waals surface area contributed by atoms with E-state index in [4.69, 9.17) is 11.6 Å². The van der Waals surface area contributed by atoms with E-state index in [0.717, 1.165) is 10.1 Å². The fourth-order valence-electron chi connectivity index (χ4n) is 3.33. The third-order valence-corrected chi connectivity index (χ3v) is 6.38. The first-order valence-electron chi connectivity index (χ1n) is 8.51. The Morgan fingerprint density at radius 3 is 2.41 bits per heavy atom. The van der Waals surface area contributed by atoms with Crippen LogP contribution in [0, 0.1) is 10.1 Å². The number of nitro groups is 1. The van der Waals surface area contributed by atoms with E-state index in [-0.39, 0.29) is 16.5 Å². The molecule has 27 heavy (non-hydrogen) atoms. The molecule has 4 rings (SSSR count). The molecule has 1 aliphatic heterocycles. The lowest BCUT2D eigenvalue weighted by Gasteiger charge is -2.35. The number of fused-ring (bicyclic) bond motifs is 1. The molecular formula is C19H16ClN3O3S. The SMILES string of the molecule is O=C(c1sc2ccccc2c1Cl)N1CCN(c2ccccc2[N+](=O)[O-])CC1. The van der Waals surface area contributed by atoms with E-state index in [9.17, 15) is 14.9 Å². The number of hydrogen-bond acceptors (Lipinski definition) is 5. The summed E-state index contributed by atoms with van der Waals surface area (Å²) in [5.41, 5.74) is 0.680. The maximum absolute atomic E-state index is 12.9. The van der Waals surface area contributed by atoms with Crippen LogP contribution in [-0.2, 0) is 0 Å². The van der Waals surface area contributed by atoms with Crippen molar-refractivity contribution in [2.45, 2.75) is 0 Å². The standard InChI is InChI=1S/C19H16ClN3O3S/c20-17-13-5-1-4-8-16(13)27-18(17)19(24)22-11-9-21(10-12-22)14-6-2-3-7-15(14)23(25)26/h1-8H,9-12H2. The summed E-state index contributed by atoms with van der Waals surface area (Å²) in [6.07, 6.45) is 0. The number of carbonyl (C=O) groups is 1. The van der Waals surface area contributed by atoms with E-state index in [1.807, 2.05) is 29.2 Å². The molecule has 0 spiro atoms. The Morgan fingerprint density at radius 2 is 1.70 bits per heavy atom. The molecule has 0 bridgehead atoms. The van der Waals surface area contributed by atoms with Crippen LogP contribution in [0.25, 0.3) is 10.1 Å².